The summed E-state index contributed by atoms with van der Waals surface area (Å²) < 4.78 is 5.28. The Kier molecular flexibility index (Phi) is 7.94. The molecule has 1 aromatic heterocycles. The molecule has 1 aliphatic heterocycles. The average molecular weight is 308 g/mol. The van der Waals surface area contributed by atoms with Crippen molar-refractivity contribution in [3.05, 3.63) is 24.5 Å². The maximum atomic E-state index is 12.3. The van der Waals surface area contributed by atoms with E-state index in [0.29, 0.717) is 32.6 Å². The topological polar surface area (TPSA) is 77.2 Å². The van der Waals surface area contributed by atoms with E-state index in [4.69, 9.17) is 10.5 Å². The molecule has 19 heavy (non-hydrogen) atoms. The van der Waals surface area contributed by atoms with Gasteiger partial charge in [-0.1, -0.05) is 0 Å². The van der Waals surface area contributed by atoms with Gasteiger partial charge in [-0.25, -0.2) is 0 Å². The zero-order valence-corrected chi connectivity index (χ0v) is 12.1. The number of halogens is 2. The number of pyridine rings is 1. The number of nitrogens with one attached hydrogen (secondary N) is 1. The highest BCUT2D eigenvalue weighted by Gasteiger charge is 2.38. The first-order chi connectivity index (χ1) is 8.27. The van der Waals surface area contributed by atoms with Gasteiger partial charge in [0.15, 0.2) is 0 Å². The highest BCUT2D eigenvalue weighted by molar-refractivity contribution is 5.95. The van der Waals surface area contributed by atoms with Gasteiger partial charge in [0.1, 0.15) is 0 Å². The van der Waals surface area contributed by atoms with Crippen molar-refractivity contribution in [2.75, 3.05) is 25.1 Å². The Balaban J connectivity index is 0.00000162. The average Bonchev–Trinajstić information content (AvgIpc) is 2.40. The van der Waals surface area contributed by atoms with Gasteiger partial charge in [-0.2, -0.15) is 0 Å². The van der Waals surface area contributed by atoms with Crippen LogP contribution in [0.25, 0.3) is 0 Å². The second-order valence-electron chi connectivity index (χ2n) is 4.29. The summed E-state index contributed by atoms with van der Waals surface area (Å²) in [5, 5.41) is 2.89. The fourth-order valence-corrected chi connectivity index (χ4v) is 1.98. The van der Waals surface area contributed by atoms with E-state index in [2.05, 4.69) is 10.3 Å². The molecule has 5 nitrogen and oxygen atoms in total. The summed E-state index contributed by atoms with van der Waals surface area (Å²) in [4.78, 5) is 16.2. The number of carbonyl (C=O) groups is 1. The first kappa shape index (κ1) is 18.1. The van der Waals surface area contributed by atoms with Gasteiger partial charge in [0.25, 0.3) is 0 Å². The lowest BCUT2D eigenvalue weighted by Crippen LogP contribution is -2.46. The number of hydrogen-bond donors (Lipinski definition) is 2. The molecule has 0 aromatic carbocycles. The maximum Gasteiger partial charge on any atom is 0.232 e. The number of hydrogen-bond acceptors (Lipinski definition) is 4. The first-order valence-corrected chi connectivity index (χ1v) is 5.76. The molecule has 0 aliphatic carbocycles. The predicted octanol–water partition coefficient (Wildman–Crippen LogP) is 1.62. The van der Waals surface area contributed by atoms with Crippen LogP contribution in [-0.4, -0.2) is 30.6 Å². The molecule has 3 N–H and O–H groups in total. The van der Waals surface area contributed by atoms with Gasteiger partial charge >= 0.3 is 0 Å². The number of nitrogens with zero attached hydrogens (tertiary/aromatic N) is 1. The number of rotatable bonds is 3. The van der Waals surface area contributed by atoms with E-state index in [9.17, 15) is 4.79 Å². The molecule has 0 radical (unpaired) electrons. The summed E-state index contributed by atoms with van der Waals surface area (Å²) in [5.74, 6) is -0.0190. The van der Waals surface area contributed by atoms with Gasteiger partial charge in [0.05, 0.1) is 5.41 Å². The molecule has 1 aliphatic rings. The zero-order chi connectivity index (χ0) is 12.1. The van der Waals surface area contributed by atoms with Gasteiger partial charge in [-0.3, -0.25) is 9.78 Å². The van der Waals surface area contributed by atoms with E-state index in [-0.39, 0.29) is 30.7 Å². The minimum Gasteiger partial charge on any atom is -0.381 e. The lowest BCUT2D eigenvalue weighted by Gasteiger charge is -2.34. The van der Waals surface area contributed by atoms with Crippen LogP contribution in [0.1, 0.15) is 12.8 Å². The summed E-state index contributed by atoms with van der Waals surface area (Å²) in [7, 11) is 0. The summed E-state index contributed by atoms with van der Waals surface area (Å²) >= 11 is 0. The van der Waals surface area contributed by atoms with E-state index < -0.39 is 5.41 Å². The van der Waals surface area contributed by atoms with Crippen LogP contribution in [0, 0.1) is 5.41 Å². The van der Waals surface area contributed by atoms with Crippen molar-refractivity contribution in [1.82, 2.24) is 4.98 Å². The molecule has 0 saturated carbocycles. The van der Waals surface area contributed by atoms with Crippen molar-refractivity contribution in [1.29, 1.82) is 0 Å². The van der Waals surface area contributed by atoms with E-state index in [1.165, 1.54) is 0 Å². The summed E-state index contributed by atoms with van der Waals surface area (Å²) in [6.07, 6.45) is 4.66. The van der Waals surface area contributed by atoms with Crippen molar-refractivity contribution < 1.29 is 9.53 Å². The van der Waals surface area contributed by atoms with Crippen LogP contribution in [0.3, 0.4) is 0 Å². The Labute approximate surface area is 125 Å². The molecule has 2 rings (SSSR count). The standard InChI is InChI=1S/C12H17N3O2.2ClH/c13-9-12(3-7-17-8-4-12)11(16)15-10-1-5-14-6-2-10;;/h1-2,5-6H,3-4,7-9,13H2,(H,14,15,16);2*1H. The normalized spacial score (nSPS) is 16.7. The molecule has 7 heteroatoms. The smallest absolute Gasteiger partial charge is 0.232 e. The lowest BCUT2D eigenvalue weighted by molar-refractivity contribution is -0.130. The van der Waals surface area contributed by atoms with Crippen LogP contribution in [0.15, 0.2) is 24.5 Å². The van der Waals surface area contributed by atoms with Gasteiger partial charge < -0.3 is 15.8 Å². The Morgan fingerprint density at radius 1 is 1.32 bits per heavy atom. The Morgan fingerprint density at radius 3 is 2.42 bits per heavy atom. The Morgan fingerprint density at radius 2 is 1.89 bits per heavy atom. The third-order valence-electron chi connectivity index (χ3n) is 3.26. The highest BCUT2D eigenvalue weighted by atomic mass is 35.5. The molecule has 0 spiro atoms. The van der Waals surface area contributed by atoms with E-state index in [1.807, 2.05) is 0 Å². The van der Waals surface area contributed by atoms with Crippen LogP contribution in [0.2, 0.25) is 0 Å². The fraction of sp³-hybridized carbons (Fsp3) is 0.500. The SMILES string of the molecule is Cl.Cl.NCC1(C(=O)Nc2ccncc2)CCOCC1. The van der Waals surface area contributed by atoms with Crippen molar-refractivity contribution >= 4 is 36.4 Å². The molecule has 2 heterocycles. The monoisotopic (exact) mass is 307 g/mol. The van der Waals surface area contributed by atoms with Gasteiger partial charge in [0, 0.05) is 37.8 Å². The Hall–Kier alpha value is -0.880. The second-order valence-corrected chi connectivity index (χ2v) is 4.29. The molecule has 0 atom stereocenters. The predicted molar refractivity (Wildman–Crippen MR) is 78.9 cm³/mol. The van der Waals surface area contributed by atoms with E-state index >= 15 is 0 Å². The fourth-order valence-electron chi connectivity index (χ4n) is 1.98. The van der Waals surface area contributed by atoms with Crippen molar-refractivity contribution in [2.45, 2.75) is 12.8 Å². The minimum absolute atomic E-state index is 0. The molecule has 0 bridgehead atoms. The second kappa shape index (κ2) is 8.32. The van der Waals surface area contributed by atoms with Crippen LogP contribution in [0.5, 0.6) is 0 Å². The maximum absolute atomic E-state index is 12.3. The van der Waals surface area contributed by atoms with Crippen LogP contribution in [0.4, 0.5) is 5.69 Å². The largest absolute Gasteiger partial charge is 0.381 e. The molecular formula is C12H19Cl2N3O2. The first-order valence-electron chi connectivity index (χ1n) is 5.76. The zero-order valence-electron chi connectivity index (χ0n) is 10.5. The Bertz CT molecular complexity index is 384. The van der Waals surface area contributed by atoms with Crippen LogP contribution < -0.4 is 11.1 Å². The number of carbonyl (C=O) groups excluding carboxylic acids is 1. The quantitative estimate of drug-likeness (QED) is 0.889. The molecule has 1 fully saturated rings. The van der Waals surface area contributed by atoms with Gasteiger partial charge in [0.2, 0.25) is 5.91 Å². The third kappa shape index (κ3) is 4.31. The van der Waals surface area contributed by atoms with E-state index in [0.717, 1.165) is 5.69 Å². The minimum atomic E-state index is -0.485. The number of nitrogens with two attached hydrogens (primary N) is 1. The van der Waals surface area contributed by atoms with E-state index in [1.54, 1.807) is 24.5 Å². The van der Waals surface area contributed by atoms with Crippen LogP contribution in [-0.2, 0) is 9.53 Å². The highest BCUT2D eigenvalue weighted by Crippen LogP contribution is 2.30. The summed E-state index contributed by atoms with van der Waals surface area (Å²) in [6.45, 7) is 1.55. The molecular weight excluding hydrogens is 289 g/mol. The molecule has 0 unspecified atom stereocenters. The molecule has 1 aromatic rings. The van der Waals surface area contributed by atoms with Crippen molar-refractivity contribution in [2.24, 2.45) is 11.1 Å². The number of ether oxygens (including phenoxy) is 1. The number of aromatic nitrogens is 1. The van der Waals surface area contributed by atoms with Gasteiger partial charge in [-0.15, -0.1) is 24.8 Å². The summed E-state index contributed by atoms with van der Waals surface area (Å²) in [6, 6.07) is 3.53. The number of amides is 1. The molecule has 108 valence electrons. The van der Waals surface area contributed by atoms with Crippen LogP contribution >= 0.6 is 24.8 Å². The van der Waals surface area contributed by atoms with Crippen molar-refractivity contribution in [3.63, 3.8) is 0 Å². The molecule has 1 amide bonds. The third-order valence-corrected chi connectivity index (χ3v) is 3.26. The lowest BCUT2D eigenvalue weighted by atomic mass is 9.79. The van der Waals surface area contributed by atoms with Crippen molar-refractivity contribution in [3.8, 4) is 0 Å². The molecule has 1 saturated heterocycles. The summed E-state index contributed by atoms with van der Waals surface area (Å²) in [5.41, 5.74) is 6.03. The number of anilines is 1. The van der Waals surface area contributed by atoms with Gasteiger partial charge in [-0.05, 0) is 25.0 Å².